The first-order valence-electron chi connectivity index (χ1n) is 4.95. The number of thiazole rings is 1. The Morgan fingerprint density at radius 2 is 2.25 bits per heavy atom. The van der Waals surface area contributed by atoms with Crippen molar-refractivity contribution in [3.05, 3.63) is 44.6 Å². The number of pyridine rings is 1. The third kappa shape index (κ3) is 3.37. The van der Waals surface area contributed by atoms with E-state index < -0.39 is 0 Å². The molecule has 0 fully saturated rings. The molecule has 2 aromatic rings. The van der Waals surface area contributed by atoms with Crippen molar-refractivity contribution in [3.8, 4) is 0 Å². The lowest BCUT2D eigenvalue weighted by molar-refractivity contribution is 0.679. The van der Waals surface area contributed by atoms with Gasteiger partial charge in [0.05, 0.1) is 10.7 Å². The number of nitrogens with one attached hydrogen (secondary N) is 1. The van der Waals surface area contributed by atoms with Gasteiger partial charge in [-0.15, -0.1) is 11.3 Å². The van der Waals surface area contributed by atoms with Crippen LogP contribution in [0.4, 0.5) is 0 Å². The number of hydrogen-bond acceptors (Lipinski definition) is 4. The molecule has 0 atom stereocenters. The van der Waals surface area contributed by atoms with Gasteiger partial charge in [-0.3, -0.25) is 4.98 Å². The van der Waals surface area contributed by atoms with Crippen LogP contribution in [0.5, 0.6) is 0 Å². The molecule has 0 aliphatic heterocycles. The third-order valence-electron chi connectivity index (χ3n) is 2.06. The summed E-state index contributed by atoms with van der Waals surface area (Å²) in [5.41, 5.74) is 2.27. The Morgan fingerprint density at radius 3 is 2.94 bits per heavy atom. The summed E-state index contributed by atoms with van der Waals surface area (Å²) in [5, 5.41) is 6.54. The summed E-state index contributed by atoms with van der Waals surface area (Å²) in [4.78, 5) is 8.50. The molecule has 0 radical (unpaired) electrons. The van der Waals surface area contributed by atoms with Crippen LogP contribution in [0.2, 0.25) is 0 Å². The van der Waals surface area contributed by atoms with Crippen LogP contribution in [0.25, 0.3) is 0 Å². The summed E-state index contributed by atoms with van der Waals surface area (Å²) in [5.74, 6) is 0. The number of hydrogen-bond donors (Lipinski definition) is 1. The lowest BCUT2D eigenvalue weighted by atomic mass is 10.3. The third-order valence-corrected chi connectivity index (χ3v) is 3.32. The fraction of sp³-hybridized carbons (Fsp3) is 0.273. The highest BCUT2D eigenvalue weighted by Crippen LogP contribution is 2.10. The summed E-state index contributed by atoms with van der Waals surface area (Å²) in [6.45, 7) is 3.63. The van der Waals surface area contributed by atoms with Gasteiger partial charge in [-0.25, -0.2) is 4.98 Å². The Bertz CT molecular complexity index is 470. The van der Waals surface area contributed by atoms with Crippen molar-refractivity contribution in [2.45, 2.75) is 20.0 Å². The van der Waals surface area contributed by atoms with E-state index in [1.807, 2.05) is 13.1 Å². The normalized spacial score (nSPS) is 10.6. The van der Waals surface area contributed by atoms with E-state index in [9.17, 15) is 0 Å². The highest BCUT2D eigenvalue weighted by atomic mass is 79.9. The van der Waals surface area contributed by atoms with Crippen molar-refractivity contribution in [2.24, 2.45) is 0 Å². The maximum absolute atomic E-state index is 4.39. The van der Waals surface area contributed by atoms with Crippen LogP contribution in [-0.4, -0.2) is 9.97 Å². The molecule has 16 heavy (non-hydrogen) atoms. The molecule has 3 nitrogen and oxygen atoms in total. The van der Waals surface area contributed by atoms with E-state index in [1.165, 1.54) is 5.56 Å². The number of aryl methyl sites for hydroxylation is 1. The van der Waals surface area contributed by atoms with Crippen molar-refractivity contribution in [3.63, 3.8) is 0 Å². The monoisotopic (exact) mass is 297 g/mol. The van der Waals surface area contributed by atoms with Gasteiger partial charge in [0.25, 0.3) is 0 Å². The minimum Gasteiger partial charge on any atom is -0.307 e. The summed E-state index contributed by atoms with van der Waals surface area (Å²) in [6.07, 6.45) is 3.65. The number of nitrogens with zero attached hydrogens (tertiary/aromatic N) is 2. The van der Waals surface area contributed by atoms with Gasteiger partial charge in [0.15, 0.2) is 0 Å². The molecule has 0 spiro atoms. The van der Waals surface area contributed by atoms with E-state index in [0.29, 0.717) is 0 Å². The second-order valence-corrected chi connectivity index (χ2v) is 5.45. The van der Waals surface area contributed by atoms with Crippen molar-refractivity contribution in [2.75, 3.05) is 0 Å². The standard InChI is InChI=1S/C11H12BrN3S/c1-8-15-11(7-16-8)6-14-4-9-2-10(12)5-13-3-9/h2-3,5,7,14H,4,6H2,1H3. The lowest BCUT2D eigenvalue weighted by Crippen LogP contribution is -2.13. The Balaban J connectivity index is 1.84. The molecular formula is C11H12BrN3S. The molecular weight excluding hydrogens is 286 g/mol. The molecule has 2 rings (SSSR count). The molecule has 0 aliphatic carbocycles. The second-order valence-electron chi connectivity index (χ2n) is 3.47. The maximum atomic E-state index is 4.39. The summed E-state index contributed by atoms with van der Waals surface area (Å²) >= 11 is 5.08. The first kappa shape index (κ1) is 11.7. The molecule has 0 bridgehead atoms. The molecule has 2 heterocycles. The molecule has 5 heteroatoms. The SMILES string of the molecule is Cc1nc(CNCc2cncc(Br)c2)cs1. The van der Waals surface area contributed by atoms with E-state index in [1.54, 1.807) is 17.5 Å². The Kier molecular flexibility index (Phi) is 4.04. The van der Waals surface area contributed by atoms with Crippen LogP contribution in [-0.2, 0) is 13.1 Å². The lowest BCUT2D eigenvalue weighted by Gasteiger charge is -2.02. The van der Waals surface area contributed by atoms with Crippen LogP contribution < -0.4 is 5.32 Å². The summed E-state index contributed by atoms with van der Waals surface area (Å²) < 4.78 is 1.01. The van der Waals surface area contributed by atoms with Gasteiger partial charge in [-0.2, -0.15) is 0 Å². The van der Waals surface area contributed by atoms with Crippen LogP contribution in [0, 0.1) is 6.92 Å². The predicted molar refractivity (Wildman–Crippen MR) is 69.3 cm³/mol. The average Bonchev–Trinajstić information content (AvgIpc) is 2.64. The first-order valence-corrected chi connectivity index (χ1v) is 6.62. The van der Waals surface area contributed by atoms with Gasteiger partial charge in [0.2, 0.25) is 0 Å². The largest absolute Gasteiger partial charge is 0.307 e. The highest BCUT2D eigenvalue weighted by Gasteiger charge is 1.98. The summed E-state index contributed by atoms with van der Waals surface area (Å²) in [7, 11) is 0. The van der Waals surface area contributed by atoms with E-state index in [4.69, 9.17) is 0 Å². The average molecular weight is 298 g/mol. The predicted octanol–water partition coefficient (Wildman–Crippen LogP) is 2.90. The zero-order valence-corrected chi connectivity index (χ0v) is 11.3. The smallest absolute Gasteiger partial charge is 0.0897 e. The van der Waals surface area contributed by atoms with Gasteiger partial charge in [0, 0.05) is 35.3 Å². The van der Waals surface area contributed by atoms with Crippen molar-refractivity contribution >= 4 is 27.3 Å². The molecule has 84 valence electrons. The Hall–Kier alpha value is -0.780. The zero-order chi connectivity index (χ0) is 11.4. The molecule has 1 N–H and O–H groups in total. The van der Waals surface area contributed by atoms with Crippen molar-refractivity contribution < 1.29 is 0 Å². The second kappa shape index (κ2) is 5.52. The van der Waals surface area contributed by atoms with Gasteiger partial charge in [-0.05, 0) is 34.5 Å². The van der Waals surface area contributed by atoms with Crippen LogP contribution in [0.1, 0.15) is 16.3 Å². The van der Waals surface area contributed by atoms with E-state index >= 15 is 0 Å². The summed E-state index contributed by atoms with van der Waals surface area (Å²) in [6, 6.07) is 2.06. The van der Waals surface area contributed by atoms with Gasteiger partial charge >= 0.3 is 0 Å². The van der Waals surface area contributed by atoms with E-state index in [0.717, 1.165) is 28.3 Å². The fourth-order valence-electron chi connectivity index (χ4n) is 1.38. The van der Waals surface area contributed by atoms with Gasteiger partial charge in [0.1, 0.15) is 0 Å². The minimum atomic E-state index is 0.802. The molecule has 0 aliphatic rings. The molecule has 0 saturated heterocycles. The van der Waals surface area contributed by atoms with E-state index in [-0.39, 0.29) is 0 Å². The molecule has 0 amide bonds. The number of halogens is 1. The highest BCUT2D eigenvalue weighted by molar-refractivity contribution is 9.10. The molecule has 0 saturated carbocycles. The minimum absolute atomic E-state index is 0.802. The van der Waals surface area contributed by atoms with E-state index in [2.05, 4.69) is 42.7 Å². The quantitative estimate of drug-likeness (QED) is 0.943. The molecule has 0 unspecified atom stereocenters. The zero-order valence-electron chi connectivity index (χ0n) is 8.90. The number of rotatable bonds is 4. The molecule has 0 aromatic carbocycles. The topological polar surface area (TPSA) is 37.8 Å². The van der Waals surface area contributed by atoms with Crippen LogP contribution in [0.15, 0.2) is 28.3 Å². The maximum Gasteiger partial charge on any atom is 0.0897 e. The fourth-order valence-corrected chi connectivity index (χ4v) is 2.40. The van der Waals surface area contributed by atoms with Crippen LogP contribution in [0.3, 0.4) is 0 Å². The van der Waals surface area contributed by atoms with Crippen molar-refractivity contribution in [1.82, 2.24) is 15.3 Å². The molecule has 2 aromatic heterocycles. The van der Waals surface area contributed by atoms with Gasteiger partial charge in [-0.1, -0.05) is 0 Å². The Morgan fingerprint density at radius 1 is 1.38 bits per heavy atom. The van der Waals surface area contributed by atoms with Gasteiger partial charge < -0.3 is 5.32 Å². The first-order chi connectivity index (χ1) is 7.74. The Labute approximate surface area is 107 Å². The number of aromatic nitrogens is 2. The van der Waals surface area contributed by atoms with Crippen LogP contribution >= 0.6 is 27.3 Å². The van der Waals surface area contributed by atoms with Crippen molar-refractivity contribution in [1.29, 1.82) is 0 Å².